The smallest absolute Gasteiger partial charge is 0.142 e. The van der Waals surface area contributed by atoms with Crippen LogP contribution in [0.15, 0.2) is 24.3 Å². The van der Waals surface area contributed by atoms with Gasteiger partial charge in [-0.05, 0) is 49.1 Å². The summed E-state index contributed by atoms with van der Waals surface area (Å²) in [4.78, 5) is 0. The van der Waals surface area contributed by atoms with Gasteiger partial charge in [-0.15, -0.1) is 0 Å². The molecule has 2 heteroatoms. The quantitative estimate of drug-likeness (QED) is 0.848. The van der Waals surface area contributed by atoms with Crippen molar-refractivity contribution in [3.05, 3.63) is 24.3 Å². The minimum atomic E-state index is 0.567. The fourth-order valence-electron chi connectivity index (χ4n) is 3.05. The van der Waals surface area contributed by atoms with Crippen molar-refractivity contribution in [2.45, 2.75) is 39.2 Å². The molecule has 0 aliphatic heterocycles. The van der Waals surface area contributed by atoms with E-state index >= 15 is 0 Å². The van der Waals surface area contributed by atoms with Gasteiger partial charge in [-0.1, -0.05) is 26.0 Å². The number of ether oxygens (including phenoxy) is 1. The lowest BCUT2D eigenvalue weighted by Gasteiger charge is -2.19. The Morgan fingerprint density at radius 2 is 2.11 bits per heavy atom. The van der Waals surface area contributed by atoms with Gasteiger partial charge in [0.2, 0.25) is 0 Å². The number of rotatable bonds is 5. The summed E-state index contributed by atoms with van der Waals surface area (Å²) in [7, 11) is 0. The Hall–Kier alpha value is -1.18. The summed E-state index contributed by atoms with van der Waals surface area (Å²) in [6, 6.07) is 9.04. The van der Waals surface area contributed by atoms with E-state index in [1.54, 1.807) is 0 Å². The summed E-state index contributed by atoms with van der Waals surface area (Å²) in [5.41, 5.74) is 1.18. The molecule has 2 saturated carbocycles. The third-order valence-electron chi connectivity index (χ3n) is 4.14. The number of hydrogen-bond acceptors (Lipinski definition) is 2. The van der Waals surface area contributed by atoms with E-state index in [9.17, 15) is 0 Å². The van der Waals surface area contributed by atoms with Gasteiger partial charge < -0.3 is 10.1 Å². The van der Waals surface area contributed by atoms with Gasteiger partial charge in [0.25, 0.3) is 0 Å². The largest absolute Gasteiger partial charge is 0.491 e. The molecule has 0 aromatic heterocycles. The Morgan fingerprint density at radius 1 is 1.28 bits per heavy atom. The second kappa shape index (κ2) is 4.83. The average molecular weight is 245 g/mol. The summed E-state index contributed by atoms with van der Waals surface area (Å²) >= 11 is 0. The van der Waals surface area contributed by atoms with Gasteiger partial charge >= 0.3 is 0 Å². The highest BCUT2D eigenvalue weighted by molar-refractivity contribution is 5.57. The van der Waals surface area contributed by atoms with Crippen molar-refractivity contribution in [3.63, 3.8) is 0 Å². The van der Waals surface area contributed by atoms with Gasteiger partial charge in [-0.3, -0.25) is 0 Å². The lowest BCUT2D eigenvalue weighted by atomic mass is 10.1. The highest BCUT2D eigenvalue weighted by atomic mass is 16.5. The van der Waals surface area contributed by atoms with E-state index in [4.69, 9.17) is 4.74 Å². The lowest BCUT2D eigenvalue weighted by molar-refractivity contribution is 0.272. The molecule has 0 radical (unpaired) electrons. The van der Waals surface area contributed by atoms with E-state index in [1.807, 2.05) is 0 Å². The van der Waals surface area contributed by atoms with Crippen LogP contribution in [0.25, 0.3) is 0 Å². The maximum Gasteiger partial charge on any atom is 0.142 e. The Bertz CT molecular complexity index is 415. The van der Waals surface area contributed by atoms with Crippen molar-refractivity contribution in [3.8, 4) is 5.75 Å². The van der Waals surface area contributed by atoms with Crippen molar-refractivity contribution in [2.75, 3.05) is 11.9 Å². The first-order valence-electron chi connectivity index (χ1n) is 7.22. The molecule has 1 unspecified atom stereocenters. The van der Waals surface area contributed by atoms with Gasteiger partial charge in [-0.25, -0.2) is 0 Å². The molecule has 1 N–H and O–H groups in total. The molecule has 3 rings (SSSR count). The molecular formula is C16H23NO. The van der Waals surface area contributed by atoms with Gasteiger partial charge in [-0.2, -0.15) is 0 Å². The van der Waals surface area contributed by atoms with Crippen LogP contribution in [0.5, 0.6) is 5.75 Å². The van der Waals surface area contributed by atoms with Crippen LogP contribution in [0, 0.1) is 17.8 Å². The highest BCUT2D eigenvalue weighted by Crippen LogP contribution is 2.52. The monoisotopic (exact) mass is 245 g/mol. The van der Waals surface area contributed by atoms with Crippen LogP contribution in [0.2, 0.25) is 0 Å². The number of hydrogen-bond donors (Lipinski definition) is 1. The summed E-state index contributed by atoms with van der Waals surface area (Å²) in [5, 5.41) is 3.70. The Kier molecular flexibility index (Phi) is 3.19. The maximum absolute atomic E-state index is 5.90. The van der Waals surface area contributed by atoms with Crippen LogP contribution in [0.3, 0.4) is 0 Å². The van der Waals surface area contributed by atoms with Crippen LogP contribution in [-0.4, -0.2) is 12.6 Å². The fourth-order valence-corrected chi connectivity index (χ4v) is 3.05. The maximum atomic E-state index is 5.90. The third kappa shape index (κ3) is 2.47. The van der Waals surface area contributed by atoms with Crippen LogP contribution >= 0.6 is 0 Å². The summed E-state index contributed by atoms with van der Waals surface area (Å²) in [6.45, 7) is 5.15. The van der Waals surface area contributed by atoms with E-state index in [2.05, 4.69) is 43.4 Å². The number of benzene rings is 1. The third-order valence-corrected chi connectivity index (χ3v) is 4.14. The fraction of sp³-hybridized carbons (Fsp3) is 0.625. The molecule has 3 atom stereocenters. The highest BCUT2D eigenvalue weighted by Gasteiger charge is 2.48. The SMILES string of the molecule is CC(C)COc1ccccc1NC1CC[C@H]2C[C@@H]12. The first-order valence-corrected chi connectivity index (χ1v) is 7.22. The summed E-state index contributed by atoms with van der Waals surface area (Å²) in [5.74, 6) is 3.53. The predicted molar refractivity (Wildman–Crippen MR) is 75.0 cm³/mol. The van der Waals surface area contributed by atoms with Crippen LogP contribution < -0.4 is 10.1 Å². The lowest BCUT2D eigenvalue weighted by Crippen LogP contribution is -2.19. The molecule has 0 spiro atoms. The minimum absolute atomic E-state index is 0.567. The van der Waals surface area contributed by atoms with E-state index < -0.39 is 0 Å². The molecular weight excluding hydrogens is 222 g/mol. The van der Waals surface area contributed by atoms with E-state index in [0.29, 0.717) is 12.0 Å². The molecule has 2 fully saturated rings. The Balaban J connectivity index is 1.66. The standard InChI is InChI=1S/C16H23NO/c1-11(2)10-18-16-6-4-3-5-15(16)17-14-8-7-12-9-13(12)14/h3-6,11-14,17H,7-10H2,1-2H3/t12-,13+,14?/m0/s1. The summed E-state index contributed by atoms with van der Waals surface area (Å²) in [6.07, 6.45) is 4.18. The van der Waals surface area contributed by atoms with Gasteiger partial charge in [0.1, 0.15) is 5.75 Å². The zero-order valence-corrected chi connectivity index (χ0v) is 11.4. The molecule has 0 saturated heterocycles. The normalized spacial score (nSPS) is 29.2. The molecule has 0 heterocycles. The molecule has 98 valence electrons. The zero-order valence-electron chi connectivity index (χ0n) is 11.4. The van der Waals surface area contributed by atoms with Gasteiger partial charge in [0, 0.05) is 6.04 Å². The second-order valence-corrected chi connectivity index (χ2v) is 6.19. The number of fused-ring (bicyclic) bond motifs is 1. The molecule has 1 aromatic rings. The Labute approximate surface area is 110 Å². The van der Waals surface area contributed by atoms with Gasteiger partial charge in [0.05, 0.1) is 12.3 Å². The molecule has 0 bridgehead atoms. The number of anilines is 1. The van der Waals surface area contributed by atoms with Crippen LogP contribution in [0.1, 0.15) is 33.1 Å². The molecule has 2 aliphatic rings. The second-order valence-electron chi connectivity index (χ2n) is 6.19. The molecule has 2 aliphatic carbocycles. The van der Waals surface area contributed by atoms with Crippen LogP contribution in [-0.2, 0) is 0 Å². The molecule has 18 heavy (non-hydrogen) atoms. The van der Waals surface area contributed by atoms with Crippen LogP contribution in [0.4, 0.5) is 5.69 Å². The topological polar surface area (TPSA) is 21.3 Å². The van der Waals surface area contributed by atoms with Crippen molar-refractivity contribution in [2.24, 2.45) is 17.8 Å². The molecule has 2 nitrogen and oxygen atoms in total. The number of nitrogens with one attached hydrogen (secondary N) is 1. The molecule has 0 amide bonds. The van der Waals surface area contributed by atoms with Crippen molar-refractivity contribution in [1.29, 1.82) is 0 Å². The Morgan fingerprint density at radius 3 is 2.78 bits per heavy atom. The number of para-hydroxylation sites is 2. The first kappa shape index (κ1) is 11.9. The summed E-state index contributed by atoms with van der Waals surface area (Å²) < 4.78 is 5.90. The van der Waals surface area contributed by atoms with E-state index in [1.165, 1.54) is 24.9 Å². The van der Waals surface area contributed by atoms with Gasteiger partial charge in [0.15, 0.2) is 0 Å². The van der Waals surface area contributed by atoms with Crippen molar-refractivity contribution < 1.29 is 4.74 Å². The average Bonchev–Trinajstić information content (AvgIpc) is 3.04. The first-order chi connectivity index (χ1) is 8.74. The predicted octanol–water partition coefficient (Wildman–Crippen LogP) is 3.93. The van der Waals surface area contributed by atoms with E-state index in [0.717, 1.165) is 24.2 Å². The molecule has 1 aromatic carbocycles. The minimum Gasteiger partial charge on any atom is -0.491 e. The van der Waals surface area contributed by atoms with Crippen molar-refractivity contribution >= 4 is 5.69 Å². The zero-order chi connectivity index (χ0) is 12.5. The van der Waals surface area contributed by atoms with Crippen molar-refractivity contribution in [1.82, 2.24) is 0 Å². The van der Waals surface area contributed by atoms with E-state index in [-0.39, 0.29) is 0 Å².